The molecule has 2 fully saturated rings. The van der Waals surface area contributed by atoms with Gasteiger partial charge in [-0.25, -0.2) is 14.5 Å². The molecule has 2 aliphatic rings. The van der Waals surface area contributed by atoms with Crippen LogP contribution in [0.15, 0.2) is 60.8 Å². The number of rotatable bonds is 9. The van der Waals surface area contributed by atoms with Crippen molar-refractivity contribution in [1.82, 2.24) is 29.0 Å². The van der Waals surface area contributed by atoms with Gasteiger partial charge in [0.25, 0.3) is 0 Å². The Bertz CT molecular complexity index is 1660. The van der Waals surface area contributed by atoms with Gasteiger partial charge in [0.1, 0.15) is 12.4 Å². The van der Waals surface area contributed by atoms with Gasteiger partial charge in [0.15, 0.2) is 0 Å². The first-order valence-corrected chi connectivity index (χ1v) is 15.0. The summed E-state index contributed by atoms with van der Waals surface area (Å²) in [6.45, 7) is 9.43. The fourth-order valence-electron chi connectivity index (χ4n) is 6.06. The van der Waals surface area contributed by atoms with Crippen LogP contribution >= 0.6 is 0 Å². The summed E-state index contributed by atoms with van der Waals surface area (Å²) in [5.41, 5.74) is 7.98. The van der Waals surface area contributed by atoms with Gasteiger partial charge in [0, 0.05) is 36.0 Å². The van der Waals surface area contributed by atoms with Crippen molar-refractivity contribution >= 4 is 16.6 Å². The number of nitrogens with zero attached hydrogens (tertiary/aromatic N) is 6. The zero-order valence-electron chi connectivity index (χ0n) is 24.0. The van der Waals surface area contributed by atoms with Crippen molar-refractivity contribution in [2.45, 2.75) is 71.2 Å². The van der Waals surface area contributed by atoms with Crippen LogP contribution in [0.3, 0.4) is 0 Å². The Balaban J connectivity index is 0.982. The van der Waals surface area contributed by atoms with E-state index in [0.717, 1.165) is 92.3 Å². The normalized spacial score (nSPS) is 18.2. The van der Waals surface area contributed by atoms with Crippen molar-refractivity contribution in [1.29, 1.82) is 0 Å². The molecule has 6 heterocycles. The van der Waals surface area contributed by atoms with Crippen molar-refractivity contribution < 1.29 is 9.47 Å². The Morgan fingerprint density at radius 3 is 2.68 bits per heavy atom. The van der Waals surface area contributed by atoms with E-state index in [0.29, 0.717) is 24.5 Å². The van der Waals surface area contributed by atoms with Crippen molar-refractivity contribution in [2.75, 3.05) is 19.7 Å². The SMILES string of the molecule is CCc1cc2ccc(COc3cccc(C4CCN(Cc5nc6ccc(C)cc6n5CC5CCO5)CC4)n3)cn2n1. The number of likely N-dealkylation sites (tertiary alicyclic amines) is 1. The van der Waals surface area contributed by atoms with Crippen LogP contribution in [0.4, 0.5) is 0 Å². The smallest absolute Gasteiger partial charge is 0.213 e. The van der Waals surface area contributed by atoms with Crippen molar-refractivity contribution in [3.8, 4) is 5.88 Å². The molecule has 0 radical (unpaired) electrons. The average molecular weight is 551 g/mol. The highest BCUT2D eigenvalue weighted by Gasteiger charge is 2.26. The molecule has 5 aromatic rings. The fraction of sp³-hybridized carbons (Fsp3) is 0.424. The summed E-state index contributed by atoms with van der Waals surface area (Å²) in [5, 5.41) is 4.62. The number of piperidine rings is 1. The number of aromatic nitrogens is 5. The monoisotopic (exact) mass is 550 g/mol. The third-order valence-corrected chi connectivity index (χ3v) is 8.60. The molecule has 7 rings (SSSR count). The van der Waals surface area contributed by atoms with Crippen LogP contribution in [0.25, 0.3) is 16.6 Å². The number of aryl methyl sites for hydroxylation is 2. The van der Waals surface area contributed by atoms with E-state index in [-0.39, 0.29) is 0 Å². The van der Waals surface area contributed by atoms with Gasteiger partial charge in [-0.3, -0.25) is 4.90 Å². The molecule has 8 heteroatoms. The van der Waals surface area contributed by atoms with Crippen LogP contribution in [0.5, 0.6) is 5.88 Å². The molecule has 4 aromatic heterocycles. The zero-order valence-corrected chi connectivity index (χ0v) is 24.0. The third-order valence-electron chi connectivity index (χ3n) is 8.60. The Kier molecular flexibility index (Phi) is 7.19. The second-order valence-electron chi connectivity index (χ2n) is 11.5. The number of ether oxygens (including phenoxy) is 2. The second-order valence-corrected chi connectivity index (χ2v) is 11.5. The van der Waals surface area contributed by atoms with E-state index in [9.17, 15) is 0 Å². The van der Waals surface area contributed by atoms with E-state index in [2.05, 4.69) is 76.9 Å². The Hall–Kier alpha value is -3.75. The highest BCUT2D eigenvalue weighted by Crippen LogP contribution is 2.30. The standard InChI is InChI=1S/C33H38N6O2/c1-3-26-18-27-9-8-24(19-39(27)36-26)22-41-33-6-4-5-29(35-33)25-11-14-37(15-12-25)21-32-34-30-10-7-23(2)17-31(30)38(32)20-28-13-16-40-28/h4-10,17-19,25,28H,3,11-16,20-22H2,1-2H3. The van der Waals surface area contributed by atoms with Gasteiger partial charge in [-0.05, 0) is 81.6 Å². The third kappa shape index (κ3) is 5.59. The molecule has 0 aliphatic carbocycles. The van der Waals surface area contributed by atoms with Crippen molar-refractivity contribution in [3.63, 3.8) is 0 Å². The first-order chi connectivity index (χ1) is 20.1. The lowest BCUT2D eigenvalue weighted by atomic mass is 9.93. The van der Waals surface area contributed by atoms with Crippen LogP contribution < -0.4 is 4.74 Å². The van der Waals surface area contributed by atoms with E-state index < -0.39 is 0 Å². The predicted octanol–water partition coefficient (Wildman–Crippen LogP) is 5.70. The lowest BCUT2D eigenvalue weighted by Crippen LogP contribution is -2.35. The van der Waals surface area contributed by atoms with Gasteiger partial charge in [-0.2, -0.15) is 5.10 Å². The molecule has 1 unspecified atom stereocenters. The molecule has 0 N–H and O–H groups in total. The molecule has 0 spiro atoms. The highest BCUT2D eigenvalue weighted by atomic mass is 16.5. The molecule has 8 nitrogen and oxygen atoms in total. The van der Waals surface area contributed by atoms with E-state index in [4.69, 9.17) is 19.4 Å². The van der Waals surface area contributed by atoms with Gasteiger partial charge in [-0.1, -0.05) is 25.1 Å². The number of fused-ring (bicyclic) bond motifs is 2. The molecule has 2 aliphatic heterocycles. The Labute approximate surface area is 240 Å². The summed E-state index contributed by atoms with van der Waals surface area (Å²) in [4.78, 5) is 12.5. The predicted molar refractivity (Wildman–Crippen MR) is 159 cm³/mol. The molecular weight excluding hydrogens is 512 g/mol. The minimum atomic E-state index is 0.306. The summed E-state index contributed by atoms with van der Waals surface area (Å²) in [7, 11) is 0. The van der Waals surface area contributed by atoms with Gasteiger partial charge >= 0.3 is 0 Å². The maximum Gasteiger partial charge on any atom is 0.213 e. The van der Waals surface area contributed by atoms with Crippen molar-refractivity contribution in [2.24, 2.45) is 0 Å². The number of hydrogen-bond acceptors (Lipinski definition) is 6. The largest absolute Gasteiger partial charge is 0.473 e. The van der Waals surface area contributed by atoms with Crippen LogP contribution in [0, 0.1) is 6.92 Å². The second kappa shape index (κ2) is 11.3. The first kappa shape index (κ1) is 26.2. The molecule has 41 heavy (non-hydrogen) atoms. The van der Waals surface area contributed by atoms with E-state index in [1.54, 1.807) is 0 Å². The summed E-state index contributed by atoms with van der Waals surface area (Å²) in [5.74, 6) is 2.27. The number of hydrogen-bond donors (Lipinski definition) is 0. The summed E-state index contributed by atoms with van der Waals surface area (Å²) >= 11 is 0. The summed E-state index contributed by atoms with van der Waals surface area (Å²) in [6.07, 6.45) is 6.57. The summed E-state index contributed by atoms with van der Waals surface area (Å²) in [6, 6.07) is 19.1. The topological polar surface area (TPSA) is 69.7 Å². The quantitative estimate of drug-likeness (QED) is 0.235. The van der Waals surface area contributed by atoms with Crippen LogP contribution in [0.2, 0.25) is 0 Å². The maximum absolute atomic E-state index is 6.12. The van der Waals surface area contributed by atoms with E-state index in [1.165, 1.54) is 11.1 Å². The van der Waals surface area contributed by atoms with E-state index >= 15 is 0 Å². The van der Waals surface area contributed by atoms with Crippen LogP contribution in [0.1, 0.15) is 60.4 Å². The Morgan fingerprint density at radius 2 is 1.88 bits per heavy atom. The number of pyridine rings is 2. The van der Waals surface area contributed by atoms with Crippen LogP contribution in [-0.2, 0) is 30.9 Å². The molecule has 0 bridgehead atoms. The molecule has 1 aromatic carbocycles. The minimum absolute atomic E-state index is 0.306. The lowest BCUT2D eigenvalue weighted by molar-refractivity contribution is -0.0592. The van der Waals surface area contributed by atoms with Gasteiger partial charge in [0.2, 0.25) is 5.88 Å². The maximum atomic E-state index is 6.12. The zero-order chi connectivity index (χ0) is 27.8. The van der Waals surface area contributed by atoms with E-state index in [1.807, 2.05) is 16.8 Å². The Morgan fingerprint density at radius 1 is 1.00 bits per heavy atom. The first-order valence-electron chi connectivity index (χ1n) is 15.0. The summed E-state index contributed by atoms with van der Waals surface area (Å²) < 4.78 is 16.2. The molecule has 0 saturated carbocycles. The van der Waals surface area contributed by atoms with Crippen molar-refractivity contribution in [3.05, 3.63) is 89.1 Å². The molecule has 1 atom stereocenters. The van der Waals surface area contributed by atoms with Crippen LogP contribution in [-0.4, -0.2) is 54.8 Å². The van der Waals surface area contributed by atoms with Gasteiger partial charge in [-0.15, -0.1) is 0 Å². The van der Waals surface area contributed by atoms with Gasteiger partial charge < -0.3 is 14.0 Å². The van der Waals surface area contributed by atoms with Gasteiger partial charge in [0.05, 0.1) is 41.4 Å². The fourth-order valence-corrected chi connectivity index (χ4v) is 6.06. The minimum Gasteiger partial charge on any atom is -0.473 e. The molecule has 0 amide bonds. The lowest BCUT2D eigenvalue weighted by Gasteiger charge is -2.32. The number of imidazole rings is 1. The molecular formula is C33H38N6O2. The molecule has 212 valence electrons. The highest BCUT2D eigenvalue weighted by molar-refractivity contribution is 5.77. The average Bonchev–Trinajstić information content (AvgIpc) is 3.54. The number of benzene rings is 1. The molecule has 2 saturated heterocycles.